The van der Waals surface area contributed by atoms with E-state index in [1.54, 1.807) is 24.3 Å². The minimum absolute atomic E-state index is 0.0921. The van der Waals surface area contributed by atoms with Gasteiger partial charge in [-0.05, 0) is 24.3 Å². The average Bonchev–Trinajstić information content (AvgIpc) is 2.06. The van der Waals surface area contributed by atoms with E-state index >= 15 is 0 Å². The van der Waals surface area contributed by atoms with Crippen molar-refractivity contribution < 1.29 is 13.2 Å². The maximum absolute atomic E-state index is 11.8. The fourth-order valence-corrected chi connectivity index (χ4v) is 1.18. The molecular formula is C9H9BrF3N. The first-order chi connectivity index (χ1) is 6.47. The van der Waals surface area contributed by atoms with E-state index < -0.39 is 12.6 Å². The molecule has 0 aliphatic rings. The summed E-state index contributed by atoms with van der Waals surface area (Å²) < 4.78 is 36.2. The van der Waals surface area contributed by atoms with Crippen LogP contribution < -0.4 is 5.32 Å². The van der Waals surface area contributed by atoms with Gasteiger partial charge < -0.3 is 5.32 Å². The lowest BCUT2D eigenvalue weighted by molar-refractivity contribution is -0.131. The van der Waals surface area contributed by atoms with Crippen LogP contribution in [0.4, 0.5) is 18.9 Å². The summed E-state index contributed by atoms with van der Waals surface area (Å²) in [5.74, 6) is 0. The lowest BCUT2D eigenvalue weighted by Gasteiger charge is -2.08. The topological polar surface area (TPSA) is 12.0 Å². The second-order valence-corrected chi connectivity index (χ2v) is 3.71. The second kappa shape index (κ2) is 4.68. The molecule has 0 saturated carbocycles. The van der Waals surface area contributed by atoms with Crippen LogP contribution in [0.25, 0.3) is 0 Å². The molecule has 78 valence electrons. The molecule has 1 N–H and O–H groups in total. The van der Waals surface area contributed by atoms with Gasteiger partial charge >= 0.3 is 6.18 Å². The predicted octanol–water partition coefficient (Wildman–Crippen LogP) is 3.81. The lowest BCUT2D eigenvalue weighted by Crippen LogP contribution is -2.14. The van der Waals surface area contributed by atoms with Crippen LogP contribution in [0.3, 0.4) is 0 Å². The van der Waals surface area contributed by atoms with Crippen LogP contribution >= 0.6 is 15.9 Å². The predicted molar refractivity (Wildman–Crippen MR) is 53.3 cm³/mol. The highest BCUT2D eigenvalue weighted by Gasteiger charge is 2.25. The van der Waals surface area contributed by atoms with Gasteiger partial charge in [0.2, 0.25) is 0 Å². The van der Waals surface area contributed by atoms with Crippen molar-refractivity contribution in [2.45, 2.75) is 12.6 Å². The van der Waals surface area contributed by atoms with Crippen molar-refractivity contribution in [3.05, 3.63) is 28.7 Å². The largest absolute Gasteiger partial charge is 0.390 e. The molecule has 0 aromatic heterocycles. The van der Waals surface area contributed by atoms with Crippen molar-refractivity contribution in [2.75, 3.05) is 11.9 Å². The maximum atomic E-state index is 11.8. The molecular weight excluding hydrogens is 259 g/mol. The highest BCUT2D eigenvalue weighted by atomic mass is 79.9. The zero-order chi connectivity index (χ0) is 10.6. The summed E-state index contributed by atoms with van der Waals surface area (Å²) in [7, 11) is 0. The third kappa shape index (κ3) is 4.50. The maximum Gasteiger partial charge on any atom is 0.390 e. The third-order valence-electron chi connectivity index (χ3n) is 1.58. The Bertz CT molecular complexity index is 281. The molecule has 0 heterocycles. The number of benzene rings is 1. The van der Waals surface area contributed by atoms with E-state index in [2.05, 4.69) is 21.2 Å². The molecule has 0 fully saturated rings. The van der Waals surface area contributed by atoms with Gasteiger partial charge in [-0.15, -0.1) is 0 Å². The summed E-state index contributed by atoms with van der Waals surface area (Å²) in [6.45, 7) is -0.0921. The Morgan fingerprint density at radius 2 is 1.71 bits per heavy atom. The summed E-state index contributed by atoms with van der Waals surface area (Å²) in [5, 5.41) is 2.69. The van der Waals surface area contributed by atoms with E-state index in [9.17, 15) is 13.2 Å². The van der Waals surface area contributed by atoms with Gasteiger partial charge in [0.15, 0.2) is 0 Å². The monoisotopic (exact) mass is 267 g/mol. The van der Waals surface area contributed by atoms with Gasteiger partial charge in [0, 0.05) is 16.7 Å². The number of rotatable bonds is 3. The number of anilines is 1. The molecule has 0 bridgehead atoms. The molecule has 1 rings (SSSR count). The fraction of sp³-hybridized carbons (Fsp3) is 0.333. The van der Waals surface area contributed by atoms with Crippen LogP contribution in [-0.2, 0) is 0 Å². The highest BCUT2D eigenvalue weighted by molar-refractivity contribution is 9.10. The summed E-state index contributed by atoms with van der Waals surface area (Å²) in [5.41, 5.74) is 0.692. The van der Waals surface area contributed by atoms with Crippen LogP contribution in [0.2, 0.25) is 0 Å². The molecule has 0 aliphatic heterocycles. The van der Waals surface area contributed by atoms with Gasteiger partial charge in [0.05, 0.1) is 6.42 Å². The zero-order valence-corrected chi connectivity index (χ0v) is 8.82. The van der Waals surface area contributed by atoms with Crippen LogP contribution in [0.15, 0.2) is 28.7 Å². The quantitative estimate of drug-likeness (QED) is 0.878. The second-order valence-electron chi connectivity index (χ2n) is 2.80. The molecule has 0 saturated heterocycles. The Morgan fingerprint density at radius 3 is 2.21 bits per heavy atom. The van der Waals surface area contributed by atoms with Gasteiger partial charge in [-0.25, -0.2) is 0 Å². The minimum atomic E-state index is -4.09. The molecule has 0 spiro atoms. The van der Waals surface area contributed by atoms with Crippen molar-refractivity contribution in [3.8, 4) is 0 Å². The Balaban J connectivity index is 2.35. The Hall–Kier alpha value is -0.710. The zero-order valence-electron chi connectivity index (χ0n) is 7.24. The molecule has 0 unspecified atom stereocenters. The molecule has 1 aromatic rings. The first-order valence-corrected chi connectivity index (χ1v) is 4.83. The van der Waals surface area contributed by atoms with Crippen LogP contribution in [0.1, 0.15) is 6.42 Å². The normalized spacial score (nSPS) is 11.4. The smallest absolute Gasteiger partial charge is 0.385 e. The molecule has 0 atom stereocenters. The Morgan fingerprint density at radius 1 is 1.14 bits per heavy atom. The molecule has 0 amide bonds. The van der Waals surface area contributed by atoms with Gasteiger partial charge in [-0.2, -0.15) is 13.2 Å². The summed E-state index contributed by atoms with van der Waals surface area (Å²) in [6.07, 6.45) is -4.91. The molecule has 5 heteroatoms. The molecule has 0 radical (unpaired) electrons. The number of alkyl halides is 3. The van der Waals surface area contributed by atoms with E-state index in [4.69, 9.17) is 0 Å². The van der Waals surface area contributed by atoms with Crippen molar-refractivity contribution in [1.82, 2.24) is 0 Å². The van der Waals surface area contributed by atoms with Crippen LogP contribution in [-0.4, -0.2) is 12.7 Å². The van der Waals surface area contributed by atoms with Gasteiger partial charge in [-0.1, -0.05) is 15.9 Å². The SMILES string of the molecule is FC(F)(F)CCNc1ccc(Br)cc1. The third-order valence-corrected chi connectivity index (χ3v) is 2.11. The van der Waals surface area contributed by atoms with E-state index in [0.29, 0.717) is 5.69 Å². The van der Waals surface area contributed by atoms with E-state index in [-0.39, 0.29) is 6.54 Å². The summed E-state index contributed by atoms with van der Waals surface area (Å²) >= 11 is 3.24. The molecule has 1 aromatic carbocycles. The Labute approximate surface area is 88.4 Å². The molecule has 1 nitrogen and oxygen atoms in total. The first-order valence-electron chi connectivity index (χ1n) is 4.03. The van der Waals surface area contributed by atoms with Gasteiger partial charge in [0.1, 0.15) is 0 Å². The fourth-order valence-electron chi connectivity index (χ4n) is 0.916. The van der Waals surface area contributed by atoms with Crippen LogP contribution in [0, 0.1) is 0 Å². The van der Waals surface area contributed by atoms with E-state index in [0.717, 1.165) is 4.47 Å². The Kier molecular flexibility index (Phi) is 3.80. The first kappa shape index (κ1) is 11.4. The highest BCUT2D eigenvalue weighted by Crippen LogP contribution is 2.20. The lowest BCUT2D eigenvalue weighted by atomic mass is 10.3. The van der Waals surface area contributed by atoms with Crippen LogP contribution in [0.5, 0.6) is 0 Å². The average molecular weight is 268 g/mol. The number of hydrogen-bond donors (Lipinski definition) is 1. The summed E-state index contributed by atoms with van der Waals surface area (Å²) in [6, 6.07) is 6.99. The van der Waals surface area contributed by atoms with Crippen molar-refractivity contribution in [2.24, 2.45) is 0 Å². The molecule has 14 heavy (non-hydrogen) atoms. The van der Waals surface area contributed by atoms with Gasteiger partial charge in [-0.3, -0.25) is 0 Å². The molecule has 0 aliphatic carbocycles. The van der Waals surface area contributed by atoms with E-state index in [1.165, 1.54) is 0 Å². The minimum Gasteiger partial charge on any atom is -0.385 e. The number of hydrogen-bond acceptors (Lipinski definition) is 1. The van der Waals surface area contributed by atoms with Crippen molar-refractivity contribution in [3.63, 3.8) is 0 Å². The number of halogens is 4. The van der Waals surface area contributed by atoms with Gasteiger partial charge in [0.25, 0.3) is 0 Å². The summed E-state index contributed by atoms with van der Waals surface area (Å²) in [4.78, 5) is 0. The van der Waals surface area contributed by atoms with Crippen molar-refractivity contribution >= 4 is 21.6 Å². The standard InChI is InChI=1S/C9H9BrF3N/c10-7-1-3-8(4-2-7)14-6-5-9(11,12)13/h1-4,14H,5-6H2. The van der Waals surface area contributed by atoms with E-state index in [1.807, 2.05) is 0 Å². The number of nitrogens with one attached hydrogen (secondary N) is 1. The van der Waals surface area contributed by atoms with Crippen molar-refractivity contribution in [1.29, 1.82) is 0 Å².